The van der Waals surface area contributed by atoms with Crippen molar-refractivity contribution in [2.24, 2.45) is 16.7 Å². The summed E-state index contributed by atoms with van der Waals surface area (Å²) >= 11 is 0. The van der Waals surface area contributed by atoms with Gasteiger partial charge in [-0.3, -0.25) is 9.78 Å². The maximum absolute atomic E-state index is 12.2. The highest BCUT2D eigenvalue weighted by molar-refractivity contribution is 5.98. The van der Waals surface area contributed by atoms with Crippen molar-refractivity contribution >= 4 is 17.3 Å². The average molecular weight is 233 g/mol. The van der Waals surface area contributed by atoms with Crippen LogP contribution in [0, 0.1) is 16.7 Å². The Morgan fingerprint density at radius 3 is 2.41 bits per heavy atom. The maximum Gasteiger partial charge on any atom is 0.228 e. The molecule has 0 atom stereocenters. The van der Waals surface area contributed by atoms with Gasteiger partial charge < -0.3 is 11.1 Å². The summed E-state index contributed by atoms with van der Waals surface area (Å²) in [5.74, 6) is 0.0699. The van der Waals surface area contributed by atoms with E-state index in [-0.39, 0.29) is 22.7 Å². The van der Waals surface area contributed by atoms with Crippen LogP contribution in [-0.2, 0) is 4.79 Å². The number of nitrogens with one attached hydrogen (secondary N) is 1. The molecule has 4 heteroatoms. The van der Waals surface area contributed by atoms with E-state index in [0.717, 1.165) is 0 Å². The second kappa shape index (κ2) is 3.45. The molecule has 1 aromatic rings. The molecule has 4 nitrogen and oxygen atoms in total. The van der Waals surface area contributed by atoms with Crippen molar-refractivity contribution in [3.05, 3.63) is 18.5 Å². The lowest BCUT2D eigenvalue weighted by molar-refractivity contribution is -0.118. The van der Waals surface area contributed by atoms with E-state index in [9.17, 15) is 4.79 Å². The third-order valence-corrected chi connectivity index (χ3v) is 4.39. The van der Waals surface area contributed by atoms with Crippen LogP contribution in [0.5, 0.6) is 0 Å². The van der Waals surface area contributed by atoms with Crippen molar-refractivity contribution in [1.29, 1.82) is 0 Å². The number of hydrogen-bond donors (Lipinski definition) is 2. The minimum atomic E-state index is 0.0302. The summed E-state index contributed by atoms with van der Waals surface area (Å²) in [7, 11) is 0. The zero-order valence-electron chi connectivity index (χ0n) is 10.7. The molecule has 1 aliphatic carbocycles. The van der Waals surface area contributed by atoms with Crippen molar-refractivity contribution in [3.63, 3.8) is 0 Å². The number of rotatable bonds is 2. The van der Waals surface area contributed by atoms with Crippen molar-refractivity contribution in [2.75, 3.05) is 11.1 Å². The van der Waals surface area contributed by atoms with Gasteiger partial charge in [-0.25, -0.2) is 0 Å². The number of pyridine rings is 1. The third kappa shape index (κ3) is 1.68. The van der Waals surface area contributed by atoms with Crippen LogP contribution >= 0.6 is 0 Å². The van der Waals surface area contributed by atoms with Crippen LogP contribution in [0.15, 0.2) is 18.5 Å². The Morgan fingerprint density at radius 1 is 1.35 bits per heavy atom. The van der Waals surface area contributed by atoms with Crippen LogP contribution in [0.25, 0.3) is 0 Å². The Morgan fingerprint density at radius 2 is 1.94 bits per heavy atom. The zero-order valence-corrected chi connectivity index (χ0v) is 10.7. The number of carbonyl (C=O) groups excluding carboxylic acids is 1. The van der Waals surface area contributed by atoms with Gasteiger partial charge in [-0.1, -0.05) is 27.7 Å². The number of hydrogen-bond acceptors (Lipinski definition) is 3. The Hall–Kier alpha value is -1.58. The van der Waals surface area contributed by atoms with Gasteiger partial charge in [0.25, 0.3) is 0 Å². The molecule has 1 saturated carbocycles. The molecule has 1 fully saturated rings. The van der Waals surface area contributed by atoms with Gasteiger partial charge >= 0.3 is 0 Å². The average Bonchev–Trinajstić information content (AvgIpc) is 2.61. The van der Waals surface area contributed by atoms with Gasteiger partial charge in [0.2, 0.25) is 5.91 Å². The molecule has 17 heavy (non-hydrogen) atoms. The number of anilines is 2. The van der Waals surface area contributed by atoms with E-state index in [4.69, 9.17) is 5.73 Å². The second-order valence-electron chi connectivity index (χ2n) is 5.83. The Kier molecular flexibility index (Phi) is 2.42. The molecule has 0 radical (unpaired) electrons. The first-order valence-corrected chi connectivity index (χ1v) is 5.79. The van der Waals surface area contributed by atoms with E-state index in [2.05, 4.69) is 38.0 Å². The minimum absolute atomic E-state index is 0.0302. The normalized spacial score (nSPS) is 20.9. The zero-order chi connectivity index (χ0) is 12.8. The Bertz CT molecular complexity index is 451. The van der Waals surface area contributed by atoms with Crippen molar-refractivity contribution < 1.29 is 4.79 Å². The fraction of sp³-hybridized carbons (Fsp3) is 0.538. The number of amides is 1. The Labute approximate surface area is 102 Å². The van der Waals surface area contributed by atoms with E-state index in [0.29, 0.717) is 11.4 Å². The van der Waals surface area contributed by atoms with Gasteiger partial charge in [-0.2, -0.15) is 0 Å². The number of nitrogen functional groups attached to an aromatic ring is 1. The number of carbonyl (C=O) groups is 1. The predicted molar refractivity (Wildman–Crippen MR) is 68.3 cm³/mol. The van der Waals surface area contributed by atoms with Crippen molar-refractivity contribution in [2.45, 2.75) is 27.7 Å². The molecular weight excluding hydrogens is 214 g/mol. The van der Waals surface area contributed by atoms with E-state index >= 15 is 0 Å². The standard InChI is InChI=1S/C13H19N3O/c1-12(2)10(13(12,3)4)11(17)16-9-5-6-15-7-8(9)14/h5-7,10H,14H2,1-4H3,(H,15,16,17). The molecule has 3 N–H and O–H groups in total. The lowest BCUT2D eigenvalue weighted by Gasteiger charge is -2.08. The topological polar surface area (TPSA) is 68.0 Å². The van der Waals surface area contributed by atoms with Crippen LogP contribution in [0.1, 0.15) is 27.7 Å². The molecule has 1 amide bonds. The quantitative estimate of drug-likeness (QED) is 0.823. The summed E-state index contributed by atoms with van der Waals surface area (Å²) in [6, 6.07) is 1.72. The summed E-state index contributed by atoms with van der Waals surface area (Å²) in [6.07, 6.45) is 3.16. The van der Waals surface area contributed by atoms with Gasteiger partial charge in [0.15, 0.2) is 0 Å². The van der Waals surface area contributed by atoms with Gasteiger partial charge in [0.05, 0.1) is 17.6 Å². The first kappa shape index (κ1) is 11.9. The van der Waals surface area contributed by atoms with E-state index in [1.54, 1.807) is 18.5 Å². The fourth-order valence-corrected chi connectivity index (χ4v) is 2.58. The summed E-state index contributed by atoms with van der Waals surface area (Å²) in [4.78, 5) is 16.1. The van der Waals surface area contributed by atoms with Crippen LogP contribution in [0.2, 0.25) is 0 Å². The highest BCUT2D eigenvalue weighted by Gasteiger charge is 2.68. The highest BCUT2D eigenvalue weighted by atomic mass is 16.2. The predicted octanol–water partition coefficient (Wildman–Crippen LogP) is 2.28. The molecule has 1 aliphatic rings. The smallest absolute Gasteiger partial charge is 0.228 e. The Balaban J connectivity index is 2.13. The van der Waals surface area contributed by atoms with Gasteiger partial charge in [0, 0.05) is 12.1 Å². The lowest BCUT2D eigenvalue weighted by atomic mass is 10.0. The van der Waals surface area contributed by atoms with Crippen LogP contribution < -0.4 is 11.1 Å². The van der Waals surface area contributed by atoms with Gasteiger partial charge in [-0.05, 0) is 16.9 Å². The molecule has 0 saturated heterocycles. The third-order valence-electron chi connectivity index (χ3n) is 4.39. The molecule has 0 bridgehead atoms. The summed E-state index contributed by atoms with van der Waals surface area (Å²) in [5.41, 5.74) is 6.97. The lowest BCUT2D eigenvalue weighted by Crippen LogP contribution is -2.18. The molecule has 1 heterocycles. The summed E-state index contributed by atoms with van der Waals surface area (Å²) in [6.45, 7) is 8.47. The summed E-state index contributed by atoms with van der Waals surface area (Å²) in [5, 5.41) is 2.88. The van der Waals surface area contributed by atoms with Crippen LogP contribution in [0.4, 0.5) is 11.4 Å². The monoisotopic (exact) mass is 233 g/mol. The highest BCUT2D eigenvalue weighted by Crippen LogP contribution is 2.68. The fourth-order valence-electron chi connectivity index (χ4n) is 2.58. The summed E-state index contributed by atoms with van der Waals surface area (Å²) < 4.78 is 0. The SMILES string of the molecule is CC1(C)C(C(=O)Nc2ccncc2N)C1(C)C. The first-order valence-electron chi connectivity index (χ1n) is 5.79. The first-order chi connectivity index (χ1) is 7.78. The van der Waals surface area contributed by atoms with E-state index in [1.165, 1.54) is 0 Å². The van der Waals surface area contributed by atoms with Gasteiger partial charge in [-0.15, -0.1) is 0 Å². The number of nitrogens with zero attached hydrogens (tertiary/aromatic N) is 1. The molecule has 92 valence electrons. The molecule has 2 rings (SSSR count). The number of nitrogens with two attached hydrogens (primary N) is 1. The molecule has 0 aromatic carbocycles. The second-order valence-corrected chi connectivity index (χ2v) is 5.83. The molecule has 1 aromatic heterocycles. The molecule has 0 spiro atoms. The molecule has 0 aliphatic heterocycles. The van der Waals surface area contributed by atoms with Crippen molar-refractivity contribution in [3.8, 4) is 0 Å². The van der Waals surface area contributed by atoms with Crippen LogP contribution in [0.3, 0.4) is 0 Å². The van der Waals surface area contributed by atoms with Crippen molar-refractivity contribution in [1.82, 2.24) is 4.98 Å². The number of aromatic nitrogens is 1. The maximum atomic E-state index is 12.2. The van der Waals surface area contributed by atoms with E-state index in [1.807, 2.05) is 0 Å². The van der Waals surface area contributed by atoms with Gasteiger partial charge in [0.1, 0.15) is 0 Å². The molecule has 0 unspecified atom stereocenters. The van der Waals surface area contributed by atoms with Crippen LogP contribution in [-0.4, -0.2) is 10.9 Å². The molecular formula is C13H19N3O. The minimum Gasteiger partial charge on any atom is -0.396 e. The van der Waals surface area contributed by atoms with E-state index < -0.39 is 0 Å². The largest absolute Gasteiger partial charge is 0.396 e.